The van der Waals surface area contributed by atoms with Gasteiger partial charge in [0.05, 0.1) is 12.5 Å². The topological polar surface area (TPSA) is 26.3 Å². The number of esters is 1. The maximum absolute atomic E-state index is 11.3. The summed E-state index contributed by atoms with van der Waals surface area (Å²) in [6, 6.07) is 0. The highest BCUT2D eigenvalue weighted by atomic mass is 16.5. The molecular formula is C10H16O2. The average Bonchev–Trinajstić information content (AvgIpc) is 2.05. The Morgan fingerprint density at radius 2 is 2.42 bits per heavy atom. The Bertz CT molecular complexity index is 184. The van der Waals surface area contributed by atoms with Gasteiger partial charge >= 0.3 is 5.97 Å². The van der Waals surface area contributed by atoms with Crippen LogP contribution in [0.3, 0.4) is 0 Å². The predicted molar refractivity (Wildman–Crippen MR) is 47.7 cm³/mol. The molecule has 2 atom stereocenters. The second-order valence-electron chi connectivity index (χ2n) is 3.33. The summed E-state index contributed by atoms with van der Waals surface area (Å²) >= 11 is 0. The molecule has 0 fully saturated rings. The molecule has 1 aliphatic rings. The molecule has 12 heavy (non-hydrogen) atoms. The van der Waals surface area contributed by atoms with Gasteiger partial charge in [0.1, 0.15) is 0 Å². The molecule has 0 aromatic carbocycles. The van der Waals surface area contributed by atoms with Crippen LogP contribution in [-0.2, 0) is 9.53 Å². The lowest BCUT2D eigenvalue weighted by molar-refractivity contribution is -0.148. The van der Waals surface area contributed by atoms with E-state index in [0.29, 0.717) is 12.5 Å². The first-order valence-corrected chi connectivity index (χ1v) is 4.57. The number of carbonyl (C=O) groups excluding carboxylic acids is 1. The van der Waals surface area contributed by atoms with E-state index in [1.807, 2.05) is 6.92 Å². The molecule has 2 nitrogen and oxygen atoms in total. The molecule has 0 bridgehead atoms. The van der Waals surface area contributed by atoms with Crippen molar-refractivity contribution < 1.29 is 9.53 Å². The van der Waals surface area contributed by atoms with Crippen molar-refractivity contribution in [1.82, 2.24) is 0 Å². The lowest BCUT2D eigenvalue weighted by Gasteiger charge is -2.20. The van der Waals surface area contributed by atoms with Gasteiger partial charge in [-0.05, 0) is 25.7 Å². The minimum Gasteiger partial charge on any atom is -0.466 e. The van der Waals surface area contributed by atoms with Crippen LogP contribution in [0.4, 0.5) is 0 Å². The smallest absolute Gasteiger partial charge is 0.309 e. The van der Waals surface area contributed by atoms with Crippen molar-refractivity contribution in [3.8, 4) is 0 Å². The molecule has 1 rings (SSSR count). The molecule has 68 valence electrons. The highest BCUT2D eigenvalue weighted by molar-refractivity contribution is 5.72. The van der Waals surface area contributed by atoms with Gasteiger partial charge in [0, 0.05) is 0 Å². The Hall–Kier alpha value is -0.790. The maximum atomic E-state index is 11.3. The van der Waals surface area contributed by atoms with Crippen molar-refractivity contribution in [3.05, 3.63) is 12.2 Å². The number of allylic oxidation sites excluding steroid dienone is 2. The molecule has 0 N–H and O–H groups in total. The third-order valence-electron chi connectivity index (χ3n) is 2.16. The van der Waals surface area contributed by atoms with Gasteiger partial charge in [-0.1, -0.05) is 19.1 Å². The maximum Gasteiger partial charge on any atom is 0.309 e. The third kappa shape index (κ3) is 2.36. The monoisotopic (exact) mass is 168 g/mol. The highest BCUT2D eigenvalue weighted by Crippen LogP contribution is 2.23. The first-order chi connectivity index (χ1) is 5.74. The number of rotatable bonds is 2. The molecule has 0 aliphatic heterocycles. The summed E-state index contributed by atoms with van der Waals surface area (Å²) in [5.74, 6) is 0.590. The van der Waals surface area contributed by atoms with Crippen molar-refractivity contribution in [2.24, 2.45) is 11.8 Å². The van der Waals surface area contributed by atoms with Gasteiger partial charge in [-0.2, -0.15) is 0 Å². The van der Waals surface area contributed by atoms with Crippen LogP contribution in [0, 0.1) is 11.8 Å². The fourth-order valence-corrected chi connectivity index (χ4v) is 1.55. The standard InChI is InChI=1S/C10H16O2/c1-3-12-10(11)9-6-4-5-8(2)7-9/h4-5,8-9H,3,6-7H2,1-2H3. The van der Waals surface area contributed by atoms with Crippen molar-refractivity contribution in [1.29, 1.82) is 0 Å². The van der Waals surface area contributed by atoms with Crippen molar-refractivity contribution in [2.75, 3.05) is 6.61 Å². The summed E-state index contributed by atoms with van der Waals surface area (Å²) in [5, 5.41) is 0. The van der Waals surface area contributed by atoms with Crippen LogP contribution < -0.4 is 0 Å². The molecule has 1 aliphatic carbocycles. The van der Waals surface area contributed by atoms with Gasteiger partial charge in [0.25, 0.3) is 0 Å². The molecule has 0 aromatic rings. The van der Waals surface area contributed by atoms with E-state index in [-0.39, 0.29) is 11.9 Å². The van der Waals surface area contributed by atoms with E-state index in [0.717, 1.165) is 12.8 Å². The van der Waals surface area contributed by atoms with Crippen LogP contribution in [0.15, 0.2) is 12.2 Å². The minimum absolute atomic E-state index is 0.0336. The van der Waals surface area contributed by atoms with Gasteiger partial charge in [-0.3, -0.25) is 4.79 Å². The van der Waals surface area contributed by atoms with Crippen molar-refractivity contribution in [2.45, 2.75) is 26.7 Å². The second kappa shape index (κ2) is 4.29. The van der Waals surface area contributed by atoms with Gasteiger partial charge < -0.3 is 4.74 Å². The van der Waals surface area contributed by atoms with E-state index in [1.54, 1.807) is 0 Å². The first kappa shape index (κ1) is 9.30. The second-order valence-corrected chi connectivity index (χ2v) is 3.33. The summed E-state index contributed by atoms with van der Waals surface area (Å²) in [6.07, 6.45) is 6.03. The predicted octanol–water partition coefficient (Wildman–Crippen LogP) is 2.15. The number of hydrogen-bond donors (Lipinski definition) is 0. The summed E-state index contributed by atoms with van der Waals surface area (Å²) < 4.78 is 4.96. The van der Waals surface area contributed by atoms with Crippen molar-refractivity contribution >= 4 is 5.97 Å². The van der Waals surface area contributed by atoms with Crippen LogP contribution in [-0.4, -0.2) is 12.6 Å². The van der Waals surface area contributed by atoms with Crippen LogP contribution in [0.5, 0.6) is 0 Å². The molecule has 0 radical (unpaired) electrons. The lowest BCUT2D eigenvalue weighted by Crippen LogP contribution is -2.21. The van der Waals surface area contributed by atoms with Crippen LogP contribution in [0.2, 0.25) is 0 Å². The zero-order chi connectivity index (χ0) is 8.97. The van der Waals surface area contributed by atoms with E-state index in [2.05, 4.69) is 19.1 Å². The Kier molecular flexibility index (Phi) is 3.32. The summed E-state index contributed by atoms with van der Waals surface area (Å²) in [6.45, 7) is 4.47. The summed E-state index contributed by atoms with van der Waals surface area (Å²) in [7, 11) is 0. The largest absolute Gasteiger partial charge is 0.466 e. The normalized spacial score (nSPS) is 28.5. The molecule has 0 aromatic heterocycles. The van der Waals surface area contributed by atoms with E-state index >= 15 is 0 Å². The van der Waals surface area contributed by atoms with Crippen molar-refractivity contribution in [3.63, 3.8) is 0 Å². The van der Waals surface area contributed by atoms with Gasteiger partial charge in [0.2, 0.25) is 0 Å². The number of hydrogen-bond acceptors (Lipinski definition) is 2. The molecule has 0 saturated carbocycles. The average molecular weight is 168 g/mol. The minimum atomic E-state index is -0.0336. The van der Waals surface area contributed by atoms with Gasteiger partial charge in [0.15, 0.2) is 0 Å². The van der Waals surface area contributed by atoms with Crippen LogP contribution in [0.1, 0.15) is 26.7 Å². The summed E-state index contributed by atoms with van der Waals surface area (Å²) in [4.78, 5) is 11.3. The Morgan fingerprint density at radius 1 is 1.67 bits per heavy atom. The summed E-state index contributed by atoms with van der Waals surface area (Å²) in [5.41, 5.74) is 0. The van der Waals surface area contributed by atoms with E-state index in [1.165, 1.54) is 0 Å². The highest BCUT2D eigenvalue weighted by Gasteiger charge is 2.22. The zero-order valence-electron chi connectivity index (χ0n) is 7.75. The number of ether oxygens (including phenoxy) is 1. The fraction of sp³-hybridized carbons (Fsp3) is 0.700. The molecule has 0 heterocycles. The quantitative estimate of drug-likeness (QED) is 0.466. The molecule has 2 unspecified atom stereocenters. The fourth-order valence-electron chi connectivity index (χ4n) is 1.55. The SMILES string of the molecule is CCOC(=O)C1CC=CC(C)C1. The van der Waals surface area contributed by atoms with Crippen LogP contribution >= 0.6 is 0 Å². The molecule has 0 saturated heterocycles. The zero-order valence-corrected chi connectivity index (χ0v) is 7.75. The Morgan fingerprint density at radius 3 is 3.00 bits per heavy atom. The van der Waals surface area contributed by atoms with Gasteiger partial charge in [-0.25, -0.2) is 0 Å². The third-order valence-corrected chi connectivity index (χ3v) is 2.16. The molecule has 2 heteroatoms. The van der Waals surface area contributed by atoms with E-state index < -0.39 is 0 Å². The molecule has 0 spiro atoms. The Balaban J connectivity index is 2.43. The molecule has 0 amide bonds. The number of carbonyl (C=O) groups is 1. The molecular weight excluding hydrogens is 152 g/mol. The van der Waals surface area contributed by atoms with E-state index in [4.69, 9.17) is 4.74 Å². The lowest BCUT2D eigenvalue weighted by atomic mass is 9.88. The van der Waals surface area contributed by atoms with Crippen LogP contribution in [0.25, 0.3) is 0 Å². The van der Waals surface area contributed by atoms with Gasteiger partial charge in [-0.15, -0.1) is 0 Å². The first-order valence-electron chi connectivity index (χ1n) is 4.57. The Labute approximate surface area is 73.6 Å². The van der Waals surface area contributed by atoms with E-state index in [9.17, 15) is 4.79 Å².